The number of alkyl halides is 2. The van der Waals surface area contributed by atoms with Crippen molar-refractivity contribution in [3.05, 3.63) is 12.2 Å². The van der Waals surface area contributed by atoms with Gasteiger partial charge >= 0.3 is 6.43 Å². The third-order valence-corrected chi connectivity index (χ3v) is 3.26. The molecule has 1 atom stereocenters. The molecule has 0 saturated carbocycles. The highest BCUT2D eigenvalue weighted by atomic mass is 32.2. The third kappa shape index (κ3) is 4.22. The molecule has 1 aliphatic rings. The summed E-state index contributed by atoms with van der Waals surface area (Å²) in [5, 5.41) is -1.04. The molecule has 0 aromatic rings. The quantitative estimate of drug-likeness (QED) is 0.663. The van der Waals surface area contributed by atoms with Gasteiger partial charge in [0.25, 0.3) is 5.12 Å². The summed E-state index contributed by atoms with van der Waals surface area (Å²) < 4.78 is 23.9. The van der Waals surface area contributed by atoms with Crippen molar-refractivity contribution in [2.75, 3.05) is 0 Å². The molecule has 1 aliphatic carbocycles. The first-order valence-electron chi connectivity index (χ1n) is 4.85. The molecule has 0 saturated heterocycles. The second kappa shape index (κ2) is 6.17. The normalized spacial score (nSPS) is 23.2. The lowest BCUT2D eigenvalue weighted by molar-refractivity contribution is -0.120. The zero-order valence-electron chi connectivity index (χ0n) is 7.92. The second-order valence-electron chi connectivity index (χ2n) is 3.34. The van der Waals surface area contributed by atoms with Gasteiger partial charge in [-0.3, -0.25) is 4.79 Å². The van der Waals surface area contributed by atoms with Crippen molar-refractivity contribution in [3.63, 3.8) is 0 Å². The van der Waals surface area contributed by atoms with Gasteiger partial charge in [-0.15, -0.1) is 0 Å². The van der Waals surface area contributed by atoms with Gasteiger partial charge < -0.3 is 0 Å². The molecule has 0 aromatic carbocycles. The largest absolute Gasteiger partial charge is 0.306 e. The number of allylic oxidation sites excluding steroid dienone is 1. The fourth-order valence-electron chi connectivity index (χ4n) is 1.43. The minimum absolute atomic E-state index is 0.0446. The second-order valence-corrected chi connectivity index (χ2v) is 4.59. The molecule has 0 radical (unpaired) electrons. The fraction of sp³-hybridized carbons (Fsp3) is 0.700. The molecule has 0 amide bonds. The Morgan fingerprint density at radius 2 is 2.14 bits per heavy atom. The van der Waals surface area contributed by atoms with Gasteiger partial charge in [0.2, 0.25) is 0 Å². The van der Waals surface area contributed by atoms with Crippen molar-refractivity contribution in [1.29, 1.82) is 0 Å². The summed E-state index contributed by atoms with van der Waals surface area (Å²) in [6.07, 6.45) is 6.21. The molecule has 0 fully saturated rings. The van der Waals surface area contributed by atoms with Gasteiger partial charge in [-0.25, -0.2) is 8.78 Å². The van der Waals surface area contributed by atoms with E-state index < -0.39 is 11.5 Å². The Labute approximate surface area is 86.9 Å². The Morgan fingerprint density at radius 1 is 1.36 bits per heavy atom. The van der Waals surface area contributed by atoms with E-state index in [1.807, 2.05) is 12.2 Å². The van der Waals surface area contributed by atoms with Gasteiger partial charge in [0, 0.05) is 5.25 Å². The number of carbonyl (C=O) groups is 1. The van der Waals surface area contributed by atoms with Crippen LogP contribution < -0.4 is 0 Å². The summed E-state index contributed by atoms with van der Waals surface area (Å²) in [5.41, 5.74) is 0. The Hall–Kier alpha value is -0.380. The Morgan fingerprint density at radius 3 is 2.86 bits per heavy atom. The summed E-state index contributed by atoms with van der Waals surface area (Å²) in [5.74, 6) is 0. The maximum atomic E-state index is 12.0. The minimum Gasteiger partial charge on any atom is -0.281 e. The van der Waals surface area contributed by atoms with E-state index in [2.05, 4.69) is 0 Å². The molecule has 0 bridgehead atoms. The predicted octanol–water partition coefficient (Wildman–Crippen LogP) is 3.40. The first kappa shape index (κ1) is 11.7. The monoisotopic (exact) mass is 220 g/mol. The molecule has 0 aromatic heterocycles. The molecule has 14 heavy (non-hydrogen) atoms. The van der Waals surface area contributed by atoms with Crippen molar-refractivity contribution >= 4 is 16.9 Å². The Bertz CT molecular complexity index is 216. The smallest absolute Gasteiger partial charge is 0.281 e. The fourth-order valence-corrected chi connectivity index (χ4v) is 2.30. The van der Waals surface area contributed by atoms with Crippen molar-refractivity contribution in [1.82, 2.24) is 0 Å². The summed E-state index contributed by atoms with van der Waals surface area (Å²) >= 11 is 0.776. The number of hydrogen-bond acceptors (Lipinski definition) is 2. The summed E-state index contributed by atoms with van der Waals surface area (Å²) in [4.78, 5) is 10.8. The van der Waals surface area contributed by atoms with Gasteiger partial charge in [-0.1, -0.05) is 36.8 Å². The van der Waals surface area contributed by atoms with E-state index in [0.717, 1.165) is 43.9 Å². The van der Waals surface area contributed by atoms with E-state index in [4.69, 9.17) is 0 Å². The molecule has 1 rings (SSSR count). The van der Waals surface area contributed by atoms with Crippen molar-refractivity contribution in [2.24, 2.45) is 0 Å². The molecule has 0 N–H and O–H groups in total. The van der Waals surface area contributed by atoms with Crippen LogP contribution in [-0.2, 0) is 4.79 Å². The first-order valence-corrected chi connectivity index (χ1v) is 5.73. The van der Waals surface area contributed by atoms with E-state index in [9.17, 15) is 13.6 Å². The van der Waals surface area contributed by atoms with Crippen molar-refractivity contribution in [3.8, 4) is 0 Å². The summed E-state index contributed by atoms with van der Waals surface area (Å²) in [7, 11) is 0. The van der Waals surface area contributed by atoms with Gasteiger partial charge in [0.15, 0.2) is 0 Å². The SMILES string of the molecule is O=C(SC1C=CCCCCC1)C(F)F. The molecule has 4 heteroatoms. The summed E-state index contributed by atoms with van der Waals surface area (Å²) in [6, 6.07) is 0. The number of hydrogen-bond donors (Lipinski definition) is 0. The van der Waals surface area contributed by atoms with E-state index in [1.165, 1.54) is 0 Å². The predicted molar refractivity (Wildman–Crippen MR) is 54.6 cm³/mol. The standard InChI is InChI=1S/C10H14F2OS/c11-9(12)10(13)14-8-6-4-2-1-3-5-7-8/h4,6,8-9H,1-3,5,7H2. The average Bonchev–Trinajstić information content (AvgIpc) is 2.08. The van der Waals surface area contributed by atoms with Crippen LogP contribution in [0.15, 0.2) is 12.2 Å². The molecule has 0 heterocycles. The zero-order valence-corrected chi connectivity index (χ0v) is 8.73. The Kier molecular flexibility index (Phi) is 5.15. The number of thioether (sulfide) groups is 1. The van der Waals surface area contributed by atoms with Crippen LogP contribution in [0.25, 0.3) is 0 Å². The average molecular weight is 220 g/mol. The van der Waals surface area contributed by atoms with Crippen LogP contribution in [0.3, 0.4) is 0 Å². The zero-order chi connectivity index (χ0) is 10.4. The number of carbonyl (C=O) groups excluding carboxylic acids is 1. The molecule has 0 spiro atoms. The van der Waals surface area contributed by atoms with Gasteiger partial charge in [-0.2, -0.15) is 0 Å². The molecule has 0 aliphatic heterocycles. The molecule has 1 nitrogen and oxygen atoms in total. The van der Waals surface area contributed by atoms with Crippen LogP contribution in [0.2, 0.25) is 0 Å². The molecule has 1 unspecified atom stereocenters. The number of rotatable bonds is 2. The van der Waals surface area contributed by atoms with E-state index in [-0.39, 0.29) is 5.25 Å². The van der Waals surface area contributed by atoms with Gasteiger partial charge in [0.05, 0.1) is 0 Å². The lowest BCUT2D eigenvalue weighted by Gasteiger charge is -2.13. The maximum Gasteiger partial charge on any atom is 0.306 e. The van der Waals surface area contributed by atoms with Gasteiger partial charge in [0.1, 0.15) is 0 Å². The van der Waals surface area contributed by atoms with Crippen LogP contribution >= 0.6 is 11.8 Å². The maximum absolute atomic E-state index is 12.0. The third-order valence-electron chi connectivity index (χ3n) is 2.16. The van der Waals surface area contributed by atoms with Crippen molar-refractivity contribution in [2.45, 2.75) is 43.8 Å². The van der Waals surface area contributed by atoms with E-state index >= 15 is 0 Å². The van der Waals surface area contributed by atoms with Crippen molar-refractivity contribution < 1.29 is 13.6 Å². The molecule has 80 valence electrons. The Balaban J connectivity index is 2.41. The highest BCUT2D eigenvalue weighted by Crippen LogP contribution is 2.24. The lowest BCUT2D eigenvalue weighted by Crippen LogP contribution is -2.11. The van der Waals surface area contributed by atoms with E-state index in [0.29, 0.717) is 0 Å². The van der Waals surface area contributed by atoms with Gasteiger partial charge in [-0.05, 0) is 19.3 Å². The van der Waals surface area contributed by atoms with Crippen LogP contribution in [0.4, 0.5) is 8.78 Å². The van der Waals surface area contributed by atoms with Crippen LogP contribution in [0.1, 0.15) is 32.1 Å². The van der Waals surface area contributed by atoms with E-state index in [1.54, 1.807) is 0 Å². The van der Waals surface area contributed by atoms with Crippen LogP contribution in [-0.4, -0.2) is 16.8 Å². The number of halogens is 2. The summed E-state index contributed by atoms with van der Waals surface area (Å²) in [6.45, 7) is 0. The first-order chi connectivity index (χ1) is 6.70. The highest BCUT2D eigenvalue weighted by molar-refractivity contribution is 8.14. The lowest BCUT2D eigenvalue weighted by atomic mass is 10.1. The molecular formula is C10H14F2OS. The topological polar surface area (TPSA) is 17.1 Å². The van der Waals surface area contributed by atoms with Crippen LogP contribution in [0, 0.1) is 0 Å². The minimum atomic E-state index is -2.83. The van der Waals surface area contributed by atoms with Crippen LogP contribution in [0.5, 0.6) is 0 Å². The highest BCUT2D eigenvalue weighted by Gasteiger charge is 2.20. The molecular weight excluding hydrogens is 206 g/mol.